The monoisotopic (exact) mass is 598 g/mol. The molecule has 0 saturated heterocycles. The largest absolute Gasteiger partial charge is 0.437 e. The van der Waals surface area contributed by atoms with Crippen molar-refractivity contribution in [1.82, 2.24) is 20.1 Å². The van der Waals surface area contributed by atoms with Crippen molar-refractivity contribution >= 4 is 15.7 Å². The summed E-state index contributed by atoms with van der Waals surface area (Å²) in [6.45, 7) is 7.38. The second kappa shape index (κ2) is 12.2. The molecule has 0 saturated carbocycles. The Labute approximate surface area is 236 Å². The van der Waals surface area contributed by atoms with Gasteiger partial charge in [0.2, 0.25) is 5.88 Å². The zero-order valence-electron chi connectivity index (χ0n) is 23.5. The number of aromatic nitrogens is 3. The Balaban J connectivity index is 2.02. The lowest BCUT2D eigenvalue weighted by Gasteiger charge is -2.23. The molecule has 14 heteroatoms. The van der Waals surface area contributed by atoms with Crippen molar-refractivity contribution in [2.24, 2.45) is 0 Å². The van der Waals surface area contributed by atoms with E-state index < -0.39 is 57.0 Å². The molecular weight excluding hydrogens is 565 g/mol. The Hall–Kier alpha value is -3.49. The fourth-order valence-electron chi connectivity index (χ4n) is 4.06. The molecule has 1 amide bonds. The van der Waals surface area contributed by atoms with Crippen molar-refractivity contribution < 1.29 is 41.0 Å². The van der Waals surface area contributed by atoms with Crippen LogP contribution in [0.25, 0.3) is 0 Å². The fourth-order valence-corrected chi connectivity index (χ4v) is 4.95. The lowest BCUT2D eigenvalue weighted by atomic mass is 10.1. The lowest BCUT2D eigenvalue weighted by molar-refractivity contribution is -0.139. The highest BCUT2D eigenvalue weighted by molar-refractivity contribution is 7.91. The molecule has 10 nitrogen and oxygen atoms in total. The highest BCUT2D eigenvalue weighted by Crippen LogP contribution is 2.41. The van der Waals surface area contributed by atoms with Gasteiger partial charge in [-0.3, -0.25) is 9.78 Å². The van der Waals surface area contributed by atoms with Crippen molar-refractivity contribution in [3.05, 3.63) is 64.6 Å². The summed E-state index contributed by atoms with van der Waals surface area (Å²) in [6.07, 6.45) is -3.06. The molecule has 0 aliphatic carbocycles. The Morgan fingerprint density at radius 1 is 1.15 bits per heavy atom. The number of hydrogen-bond acceptors (Lipinski definition) is 8. The van der Waals surface area contributed by atoms with Gasteiger partial charge in [-0.2, -0.15) is 18.3 Å². The highest BCUT2D eigenvalue weighted by Gasteiger charge is 2.39. The standard InChI is InChI=1S/C27H33F3N4O6S/c1-7-41(37,38)19-10-8-17(9-11-19)20(15-39-6)32-24(36)23-16(2)25(34(33-23)26(3,4)5)40-21-13-31-12-18(14-35)22(21)27(28,29)30/h8-13,20,35H,7,14-15H2,1-6H3,(H,32,36). The molecule has 1 aromatic carbocycles. The molecule has 0 aliphatic rings. The van der Waals surface area contributed by atoms with E-state index in [0.717, 1.165) is 12.4 Å². The van der Waals surface area contributed by atoms with Gasteiger partial charge in [0.25, 0.3) is 5.91 Å². The molecular formula is C27H33F3N4O6S. The minimum atomic E-state index is -4.85. The quantitative estimate of drug-likeness (QED) is 0.347. The number of alkyl halides is 3. The third-order valence-corrected chi connectivity index (χ3v) is 7.98. The Bertz CT molecular complexity index is 1500. The van der Waals surface area contributed by atoms with Crippen LogP contribution in [0.15, 0.2) is 41.6 Å². The van der Waals surface area contributed by atoms with E-state index in [1.165, 1.54) is 37.8 Å². The van der Waals surface area contributed by atoms with Crippen LogP contribution < -0.4 is 10.1 Å². The van der Waals surface area contributed by atoms with Gasteiger partial charge in [0.05, 0.1) is 41.6 Å². The number of benzene rings is 1. The zero-order valence-corrected chi connectivity index (χ0v) is 24.4. The van der Waals surface area contributed by atoms with Crippen LogP contribution in [0.5, 0.6) is 11.6 Å². The van der Waals surface area contributed by atoms with Gasteiger partial charge < -0.3 is 19.9 Å². The summed E-state index contributed by atoms with van der Waals surface area (Å²) in [5, 5.41) is 16.7. The number of pyridine rings is 1. The molecule has 2 heterocycles. The number of amides is 1. The van der Waals surface area contributed by atoms with E-state index in [9.17, 15) is 31.5 Å². The maximum absolute atomic E-state index is 13.9. The van der Waals surface area contributed by atoms with Gasteiger partial charge in [-0.1, -0.05) is 19.1 Å². The molecule has 0 bridgehead atoms. The first-order chi connectivity index (χ1) is 19.0. The zero-order chi connectivity index (χ0) is 30.8. The van der Waals surface area contributed by atoms with Crippen LogP contribution in [-0.4, -0.2) is 53.7 Å². The van der Waals surface area contributed by atoms with E-state index in [1.54, 1.807) is 32.9 Å². The SMILES string of the molecule is CCS(=O)(=O)c1ccc(C(COC)NC(=O)c2nn(C(C)(C)C)c(Oc3cncc(CO)c3C(F)(F)F)c2C)cc1. The number of sulfone groups is 1. The summed E-state index contributed by atoms with van der Waals surface area (Å²) >= 11 is 0. The van der Waals surface area contributed by atoms with Gasteiger partial charge in [-0.15, -0.1) is 0 Å². The highest BCUT2D eigenvalue weighted by atomic mass is 32.2. The molecule has 0 fully saturated rings. The van der Waals surface area contributed by atoms with Crippen LogP contribution in [0.4, 0.5) is 13.2 Å². The maximum Gasteiger partial charge on any atom is 0.420 e. The second-order valence-corrected chi connectivity index (χ2v) is 12.5. The number of rotatable bonds is 10. The number of carbonyl (C=O) groups excluding carboxylic acids is 1. The number of ether oxygens (including phenoxy) is 2. The van der Waals surface area contributed by atoms with Gasteiger partial charge in [0.1, 0.15) is 5.56 Å². The molecule has 2 N–H and O–H groups in total. The number of halogens is 3. The first-order valence-electron chi connectivity index (χ1n) is 12.6. The van der Waals surface area contributed by atoms with E-state index in [2.05, 4.69) is 15.4 Å². The summed E-state index contributed by atoms with van der Waals surface area (Å²) < 4.78 is 78.3. The molecule has 0 spiro atoms. The number of aliphatic hydroxyl groups is 1. The van der Waals surface area contributed by atoms with Crippen LogP contribution in [0.3, 0.4) is 0 Å². The first-order valence-corrected chi connectivity index (χ1v) is 14.3. The molecule has 1 atom stereocenters. The van der Waals surface area contributed by atoms with Gasteiger partial charge in [0.15, 0.2) is 21.3 Å². The number of carbonyl (C=O) groups is 1. The first kappa shape index (κ1) is 32.0. The third-order valence-electron chi connectivity index (χ3n) is 6.23. The summed E-state index contributed by atoms with van der Waals surface area (Å²) in [6, 6.07) is 5.34. The summed E-state index contributed by atoms with van der Waals surface area (Å²) in [4.78, 5) is 17.4. The number of methoxy groups -OCH3 is 1. The number of hydrogen-bond donors (Lipinski definition) is 2. The van der Waals surface area contributed by atoms with Crippen molar-refractivity contribution in [3.63, 3.8) is 0 Å². The predicted octanol–water partition coefficient (Wildman–Crippen LogP) is 4.56. The predicted molar refractivity (Wildman–Crippen MR) is 143 cm³/mol. The molecule has 0 radical (unpaired) electrons. The maximum atomic E-state index is 13.9. The summed E-state index contributed by atoms with van der Waals surface area (Å²) in [5.41, 5.74) is -1.82. The molecule has 41 heavy (non-hydrogen) atoms. The van der Waals surface area contributed by atoms with E-state index in [0.29, 0.717) is 5.56 Å². The Kier molecular flexibility index (Phi) is 9.51. The molecule has 2 aromatic heterocycles. The molecule has 224 valence electrons. The van der Waals surface area contributed by atoms with Crippen molar-refractivity contribution in [2.45, 2.75) is 63.9 Å². The van der Waals surface area contributed by atoms with Crippen LogP contribution >= 0.6 is 0 Å². The van der Waals surface area contributed by atoms with Crippen molar-refractivity contribution in [1.29, 1.82) is 0 Å². The topological polar surface area (TPSA) is 133 Å². The third kappa shape index (κ3) is 7.05. The molecule has 1 unspecified atom stereocenters. The van der Waals surface area contributed by atoms with Crippen LogP contribution in [0.2, 0.25) is 0 Å². The fraction of sp³-hybridized carbons (Fsp3) is 0.444. The van der Waals surface area contributed by atoms with Crippen LogP contribution in [0, 0.1) is 6.92 Å². The van der Waals surface area contributed by atoms with Crippen LogP contribution in [0.1, 0.15) is 66.5 Å². The minimum Gasteiger partial charge on any atom is -0.437 e. The van der Waals surface area contributed by atoms with Crippen molar-refractivity contribution in [3.8, 4) is 11.6 Å². The number of aliphatic hydroxyl groups excluding tert-OH is 1. The van der Waals surface area contributed by atoms with Gasteiger partial charge >= 0.3 is 6.18 Å². The minimum absolute atomic E-state index is 0.0442. The van der Waals surface area contributed by atoms with E-state index >= 15 is 0 Å². The van der Waals surface area contributed by atoms with Gasteiger partial charge in [-0.05, 0) is 45.4 Å². The molecule has 0 aliphatic heterocycles. The normalized spacial score (nSPS) is 13.2. The van der Waals surface area contributed by atoms with Gasteiger partial charge in [0, 0.05) is 24.4 Å². The Morgan fingerprint density at radius 3 is 2.29 bits per heavy atom. The van der Waals surface area contributed by atoms with Gasteiger partial charge in [-0.25, -0.2) is 13.1 Å². The summed E-state index contributed by atoms with van der Waals surface area (Å²) in [5.74, 6) is -1.47. The van der Waals surface area contributed by atoms with Crippen molar-refractivity contribution in [2.75, 3.05) is 19.5 Å². The average Bonchev–Trinajstić information content (AvgIpc) is 3.24. The second-order valence-electron chi connectivity index (χ2n) is 10.2. The molecule has 3 aromatic rings. The molecule has 3 rings (SSSR count). The van der Waals surface area contributed by atoms with E-state index in [-0.39, 0.29) is 34.4 Å². The summed E-state index contributed by atoms with van der Waals surface area (Å²) in [7, 11) is -1.98. The number of nitrogens with one attached hydrogen (secondary N) is 1. The van der Waals surface area contributed by atoms with Crippen LogP contribution in [-0.2, 0) is 32.9 Å². The van der Waals surface area contributed by atoms with E-state index in [4.69, 9.17) is 9.47 Å². The lowest BCUT2D eigenvalue weighted by Crippen LogP contribution is -2.32. The Morgan fingerprint density at radius 2 is 1.78 bits per heavy atom. The number of nitrogens with zero attached hydrogens (tertiary/aromatic N) is 3. The van der Waals surface area contributed by atoms with E-state index in [1.807, 2.05) is 0 Å². The average molecular weight is 599 g/mol. The smallest absolute Gasteiger partial charge is 0.420 e.